The van der Waals surface area contributed by atoms with E-state index in [1.165, 1.54) is 0 Å². The van der Waals surface area contributed by atoms with Gasteiger partial charge in [-0.15, -0.1) is 0 Å². The Morgan fingerprint density at radius 3 is 2.03 bits per heavy atom. The first-order valence-electron chi connectivity index (χ1n) is 10.2. The Morgan fingerprint density at radius 2 is 1.34 bits per heavy atom. The molecule has 5 aromatic rings. The number of fused-ring (bicyclic) bond motifs is 1. The third kappa shape index (κ3) is 4.22. The maximum absolute atomic E-state index is 6.48. The molecule has 32 heavy (non-hydrogen) atoms. The quantitative estimate of drug-likeness (QED) is 0.216. The molecule has 0 spiro atoms. The second-order valence-corrected chi connectivity index (χ2v) is 7.44. The summed E-state index contributed by atoms with van der Waals surface area (Å²) in [5.41, 5.74) is 3.68. The molecular formula is C27H18ClN3O. The van der Waals surface area contributed by atoms with Crippen LogP contribution in [0.25, 0.3) is 10.9 Å². The first-order valence-corrected chi connectivity index (χ1v) is 10.5. The van der Waals surface area contributed by atoms with Crippen molar-refractivity contribution in [3.05, 3.63) is 126 Å². The van der Waals surface area contributed by atoms with Crippen molar-refractivity contribution in [3.8, 4) is 11.5 Å². The molecule has 0 saturated heterocycles. The van der Waals surface area contributed by atoms with Gasteiger partial charge in [-0.25, -0.2) is 9.98 Å². The van der Waals surface area contributed by atoms with Gasteiger partial charge in [0.2, 0.25) is 0 Å². The summed E-state index contributed by atoms with van der Waals surface area (Å²) in [5, 5.41) is 1.15. The van der Waals surface area contributed by atoms with Gasteiger partial charge in [0.25, 0.3) is 0 Å². The molecule has 0 aliphatic rings. The zero-order chi connectivity index (χ0) is 21.8. The Balaban J connectivity index is 1.51. The van der Waals surface area contributed by atoms with Crippen molar-refractivity contribution in [3.63, 3.8) is 0 Å². The van der Waals surface area contributed by atoms with Gasteiger partial charge in [-0.2, -0.15) is 0 Å². The van der Waals surface area contributed by atoms with Gasteiger partial charge >= 0.3 is 0 Å². The number of para-hydroxylation sites is 1. The van der Waals surface area contributed by atoms with Gasteiger partial charge in [-0.05, 0) is 30.3 Å². The molecule has 2 heterocycles. The van der Waals surface area contributed by atoms with Crippen molar-refractivity contribution >= 4 is 34.0 Å². The first-order chi connectivity index (χ1) is 15.8. The van der Waals surface area contributed by atoms with E-state index in [-0.39, 0.29) is 5.15 Å². The number of halogens is 1. The van der Waals surface area contributed by atoms with Crippen molar-refractivity contribution < 1.29 is 4.74 Å². The number of hydrogen-bond acceptors (Lipinski definition) is 4. The molecule has 0 radical (unpaired) electrons. The zero-order valence-electron chi connectivity index (χ0n) is 17.0. The third-order valence-electron chi connectivity index (χ3n) is 4.95. The number of rotatable bonds is 5. The maximum Gasteiger partial charge on any atom is 0.174 e. The highest BCUT2D eigenvalue weighted by Gasteiger charge is 2.11. The van der Waals surface area contributed by atoms with E-state index >= 15 is 0 Å². The predicted molar refractivity (Wildman–Crippen MR) is 129 cm³/mol. The minimum atomic E-state index is 0.243. The van der Waals surface area contributed by atoms with Crippen molar-refractivity contribution in [2.75, 3.05) is 0 Å². The van der Waals surface area contributed by atoms with Gasteiger partial charge < -0.3 is 4.74 Å². The summed E-state index contributed by atoms with van der Waals surface area (Å²) in [5.74, 6) is 1.64. The van der Waals surface area contributed by atoms with Crippen LogP contribution < -0.4 is 4.74 Å². The van der Waals surface area contributed by atoms with E-state index in [2.05, 4.69) is 9.97 Å². The van der Waals surface area contributed by atoms with E-state index in [9.17, 15) is 0 Å². The van der Waals surface area contributed by atoms with Gasteiger partial charge in [0, 0.05) is 22.7 Å². The molecule has 0 fully saturated rings. The predicted octanol–water partition coefficient (Wildman–Crippen LogP) is 7.24. The van der Waals surface area contributed by atoms with Gasteiger partial charge in [-0.1, -0.05) is 84.4 Å². The number of nitrogens with zero attached hydrogens (tertiary/aromatic N) is 3. The largest absolute Gasteiger partial charge is 0.453 e. The molecule has 0 N–H and O–H groups in total. The second-order valence-electron chi connectivity index (χ2n) is 7.08. The standard InChI is InChI=1S/C27H18ClN3O/c28-27-24(32-23-17-18-29-22-14-8-7-13-21(22)23)15-16-25(31-27)30-26(19-9-3-1-4-10-19)20-11-5-2-6-12-20/h1-18H. The highest BCUT2D eigenvalue weighted by atomic mass is 35.5. The van der Waals surface area contributed by atoms with Crippen molar-refractivity contribution in [2.24, 2.45) is 4.99 Å². The van der Waals surface area contributed by atoms with Crippen molar-refractivity contribution in [1.82, 2.24) is 9.97 Å². The van der Waals surface area contributed by atoms with Crippen LogP contribution in [0, 0.1) is 0 Å². The van der Waals surface area contributed by atoms with E-state index in [1.807, 2.05) is 91.0 Å². The van der Waals surface area contributed by atoms with Crippen LogP contribution in [0.15, 0.2) is 114 Å². The number of benzene rings is 3. The third-order valence-corrected chi connectivity index (χ3v) is 5.22. The fourth-order valence-electron chi connectivity index (χ4n) is 3.43. The van der Waals surface area contributed by atoms with Gasteiger partial charge in [0.15, 0.2) is 16.7 Å². The van der Waals surface area contributed by atoms with Crippen LogP contribution in [-0.2, 0) is 0 Å². The zero-order valence-corrected chi connectivity index (χ0v) is 17.8. The summed E-state index contributed by atoms with van der Waals surface area (Å²) < 4.78 is 6.07. The molecule has 5 rings (SSSR count). The van der Waals surface area contributed by atoms with E-state index in [0.717, 1.165) is 27.7 Å². The summed E-state index contributed by atoms with van der Waals surface area (Å²) >= 11 is 6.48. The summed E-state index contributed by atoms with van der Waals surface area (Å²) in [7, 11) is 0. The lowest BCUT2D eigenvalue weighted by atomic mass is 10.0. The van der Waals surface area contributed by atoms with Crippen molar-refractivity contribution in [1.29, 1.82) is 0 Å². The molecule has 4 nitrogen and oxygen atoms in total. The molecule has 0 unspecified atom stereocenters. The number of ether oxygens (including phenoxy) is 1. The normalized spacial score (nSPS) is 10.7. The minimum Gasteiger partial charge on any atom is -0.453 e. The SMILES string of the molecule is Clc1nc(N=C(c2ccccc2)c2ccccc2)ccc1Oc1ccnc2ccccc12. The van der Waals surface area contributed by atoms with Crippen LogP contribution in [0.1, 0.15) is 11.1 Å². The Morgan fingerprint density at radius 1 is 0.688 bits per heavy atom. The van der Waals surface area contributed by atoms with Gasteiger partial charge in [0.1, 0.15) is 5.75 Å². The topological polar surface area (TPSA) is 47.4 Å². The molecular weight excluding hydrogens is 418 g/mol. The Labute approximate surface area is 190 Å². The molecule has 5 heteroatoms. The molecule has 154 valence electrons. The fraction of sp³-hybridized carbons (Fsp3) is 0. The van der Waals surface area contributed by atoms with Crippen LogP contribution in [0.5, 0.6) is 11.5 Å². The summed E-state index contributed by atoms with van der Waals surface area (Å²) in [6, 6.07) is 33.2. The highest BCUT2D eigenvalue weighted by Crippen LogP contribution is 2.33. The van der Waals surface area contributed by atoms with Crippen LogP contribution in [-0.4, -0.2) is 15.7 Å². The lowest BCUT2D eigenvalue weighted by molar-refractivity contribution is 0.486. The lowest BCUT2D eigenvalue weighted by Crippen LogP contribution is -2.03. The molecule has 0 aliphatic carbocycles. The molecule has 0 aliphatic heterocycles. The smallest absolute Gasteiger partial charge is 0.174 e. The number of pyridine rings is 2. The van der Waals surface area contributed by atoms with Crippen LogP contribution >= 0.6 is 11.6 Å². The lowest BCUT2D eigenvalue weighted by Gasteiger charge is -2.11. The molecule has 3 aromatic carbocycles. The number of aromatic nitrogens is 2. The first kappa shape index (κ1) is 19.9. The summed E-state index contributed by atoms with van der Waals surface area (Å²) in [6.45, 7) is 0. The Bertz CT molecular complexity index is 1360. The molecule has 2 aromatic heterocycles. The molecule has 0 saturated carbocycles. The monoisotopic (exact) mass is 435 g/mol. The van der Waals surface area contributed by atoms with E-state index in [0.29, 0.717) is 17.3 Å². The second kappa shape index (κ2) is 9.00. The van der Waals surface area contributed by atoms with E-state index < -0.39 is 0 Å². The summed E-state index contributed by atoms with van der Waals surface area (Å²) in [4.78, 5) is 13.7. The van der Waals surface area contributed by atoms with Gasteiger partial charge in [0.05, 0.1) is 11.2 Å². The fourth-order valence-corrected chi connectivity index (χ4v) is 3.62. The number of hydrogen-bond donors (Lipinski definition) is 0. The maximum atomic E-state index is 6.48. The molecule has 0 bridgehead atoms. The average molecular weight is 436 g/mol. The Hall–Kier alpha value is -4.02. The van der Waals surface area contributed by atoms with Crippen LogP contribution in [0.2, 0.25) is 5.15 Å². The van der Waals surface area contributed by atoms with Gasteiger partial charge in [-0.3, -0.25) is 4.98 Å². The number of aliphatic imine (C=N–C) groups is 1. The minimum absolute atomic E-state index is 0.243. The van der Waals surface area contributed by atoms with E-state index in [4.69, 9.17) is 21.3 Å². The van der Waals surface area contributed by atoms with Crippen molar-refractivity contribution in [2.45, 2.75) is 0 Å². The van der Waals surface area contributed by atoms with E-state index in [1.54, 1.807) is 18.3 Å². The molecule has 0 amide bonds. The Kier molecular flexibility index (Phi) is 5.60. The van der Waals surface area contributed by atoms with Crippen LogP contribution in [0.3, 0.4) is 0 Å². The molecule has 0 atom stereocenters. The average Bonchev–Trinajstić information content (AvgIpc) is 2.85. The summed E-state index contributed by atoms with van der Waals surface area (Å²) in [6.07, 6.45) is 1.71. The highest BCUT2D eigenvalue weighted by molar-refractivity contribution is 6.31. The van der Waals surface area contributed by atoms with Crippen LogP contribution in [0.4, 0.5) is 5.82 Å².